The van der Waals surface area contributed by atoms with Crippen molar-refractivity contribution in [1.82, 2.24) is 10.2 Å². The number of nitrogens with zero attached hydrogens (tertiary/aromatic N) is 1. The molecule has 1 saturated carbocycles. The van der Waals surface area contributed by atoms with Crippen molar-refractivity contribution in [3.63, 3.8) is 0 Å². The Morgan fingerprint density at radius 2 is 2.38 bits per heavy atom. The van der Waals surface area contributed by atoms with Gasteiger partial charge in [0.15, 0.2) is 0 Å². The molecule has 0 radical (unpaired) electrons. The molecule has 1 saturated heterocycles. The van der Waals surface area contributed by atoms with Crippen molar-refractivity contribution >= 4 is 0 Å². The van der Waals surface area contributed by atoms with Crippen LogP contribution in [0.3, 0.4) is 0 Å². The number of piperidine rings is 1. The lowest BCUT2D eigenvalue weighted by Gasteiger charge is -2.42. The third-order valence-electron chi connectivity index (χ3n) is 4.75. The van der Waals surface area contributed by atoms with Gasteiger partial charge in [-0.1, -0.05) is 12.2 Å². The third-order valence-corrected chi connectivity index (χ3v) is 4.75. The first kappa shape index (κ1) is 10.8. The lowest BCUT2D eigenvalue weighted by molar-refractivity contribution is 0.142. The molecule has 0 amide bonds. The average Bonchev–Trinajstić information content (AvgIpc) is 2.61. The van der Waals surface area contributed by atoms with Crippen molar-refractivity contribution < 1.29 is 0 Å². The first-order valence-corrected chi connectivity index (χ1v) is 6.91. The molecule has 2 fully saturated rings. The summed E-state index contributed by atoms with van der Waals surface area (Å²) in [6.07, 6.45) is 10.4. The smallest absolute Gasteiger partial charge is 0.0136 e. The molecule has 0 aromatic heterocycles. The topological polar surface area (TPSA) is 15.3 Å². The molecule has 1 N–H and O–H groups in total. The molecule has 0 aromatic rings. The fourth-order valence-corrected chi connectivity index (χ4v) is 3.71. The molecule has 0 aromatic carbocycles. The predicted molar refractivity (Wildman–Crippen MR) is 67.4 cm³/mol. The van der Waals surface area contributed by atoms with Gasteiger partial charge in [0, 0.05) is 12.6 Å². The van der Waals surface area contributed by atoms with Gasteiger partial charge in [-0.05, 0) is 63.6 Å². The summed E-state index contributed by atoms with van der Waals surface area (Å²) in [5, 5.41) is 3.80. The quantitative estimate of drug-likeness (QED) is 0.731. The first-order chi connectivity index (χ1) is 7.83. The third kappa shape index (κ3) is 2.05. The molecule has 3 rings (SSSR count). The van der Waals surface area contributed by atoms with Gasteiger partial charge in [-0.2, -0.15) is 0 Å². The minimum Gasteiger partial charge on any atom is -0.313 e. The van der Waals surface area contributed by atoms with Crippen molar-refractivity contribution in [2.24, 2.45) is 17.8 Å². The van der Waals surface area contributed by atoms with Crippen molar-refractivity contribution in [1.29, 1.82) is 0 Å². The van der Waals surface area contributed by atoms with Crippen molar-refractivity contribution in [3.05, 3.63) is 12.2 Å². The highest BCUT2D eigenvalue weighted by molar-refractivity contribution is 5.12. The lowest BCUT2D eigenvalue weighted by atomic mass is 9.71. The zero-order valence-corrected chi connectivity index (χ0v) is 10.4. The van der Waals surface area contributed by atoms with Crippen LogP contribution in [0.2, 0.25) is 0 Å². The number of hydrogen-bond acceptors (Lipinski definition) is 2. The molecule has 1 aliphatic heterocycles. The van der Waals surface area contributed by atoms with Crippen molar-refractivity contribution in [3.8, 4) is 0 Å². The van der Waals surface area contributed by atoms with E-state index in [0.717, 1.165) is 23.8 Å². The fourth-order valence-electron chi connectivity index (χ4n) is 3.71. The molecular weight excluding hydrogens is 196 g/mol. The summed E-state index contributed by atoms with van der Waals surface area (Å²) < 4.78 is 0. The maximum absolute atomic E-state index is 3.80. The Hall–Kier alpha value is -0.340. The highest BCUT2D eigenvalue weighted by Crippen LogP contribution is 2.42. The van der Waals surface area contributed by atoms with Crippen LogP contribution in [0.15, 0.2) is 12.2 Å². The molecule has 4 atom stereocenters. The van der Waals surface area contributed by atoms with Gasteiger partial charge in [-0.25, -0.2) is 0 Å². The van der Waals surface area contributed by atoms with E-state index in [4.69, 9.17) is 0 Å². The molecule has 2 heteroatoms. The molecule has 90 valence electrons. The standard InChI is InChI=1S/C14H24N2/c1-16-7-3-4-11(10-16)9-15-14-8-12-5-2-6-13(12)14/h2,6,11-15H,3-5,7-10H2,1H3. The Morgan fingerprint density at radius 1 is 1.44 bits per heavy atom. The Morgan fingerprint density at radius 3 is 3.19 bits per heavy atom. The van der Waals surface area contributed by atoms with Crippen LogP contribution in [-0.2, 0) is 0 Å². The number of likely N-dealkylation sites (tertiary alicyclic amines) is 1. The van der Waals surface area contributed by atoms with Crippen LogP contribution in [0.25, 0.3) is 0 Å². The van der Waals surface area contributed by atoms with E-state index in [-0.39, 0.29) is 0 Å². The minimum atomic E-state index is 0.802. The Balaban J connectivity index is 1.41. The number of rotatable bonds is 3. The van der Waals surface area contributed by atoms with E-state index in [0.29, 0.717) is 0 Å². The molecule has 0 bridgehead atoms. The lowest BCUT2D eigenvalue weighted by Crippen LogP contribution is -2.50. The maximum Gasteiger partial charge on any atom is 0.0136 e. The van der Waals surface area contributed by atoms with E-state index >= 15 is 0 Å². The highest BCUT2D eigenvalue weighted by Gasteiger charge is 2.40. The van der Waals surface area contributed by atoms with Gasteiger partial charge in [0.25, 0.3) is 0 Å². The molecule has 2 nitrogen and oxygen atoms in total. The van der Waals surface area contributed by atoms with Gasteiger partial charge in [-0.15, -0.1) is 0 Å². The molecule has 16 heavy (non-hydrogen) atoms. The Labute approximate surface area is 99.1 Å². The second kappa shape index (κ2) is 4.50. The van der Waals surface area contributed by atoms with Crippen LogP contribution in [0.5, 0.6) is 0 Å². The second-order valence-corrected chi connectivity index (χ2v) is 6.02. The predicted octanol–water partition coefficient (Wildman–Crippen LogP) is 1.88. The second-order valence-electron chi connectivity index (χ2n) is 6.02. The van der Waals surface area contributed by atoms with Gasteiger partial charge in [0.05, 0.1) is 0 Å². The van der Waals surface area contributed by atoms with E-state index in [2.05, 4.69) is 29.4 Å². The zero-order chi connectivity index (χ0) is 11.0. The Bertz CT molecular complexity index is 274. The maximum atomic E-state index is 3.80. The van der Waals surface area contributed by atoms with Crippen LogP contribution in [-0.4, -0.2) is 37.6 Å². The fraction of sp³-hybridized carbons (Fsp3) is 0.857. The van der Waals surface area contributed by atoms with E-state index < -0.39 is 0 Å². The number of allylic oxidation sites excluding steroid dienone is 1. The summed E-state index contributed by atoms with van der Waals surface area (Å²) in [7, 11) is 2.26. The van der Waals surface area contributed by atoms with Crippen molar-refractivity contribution in [2.75, 3.05) is 26.7 Å². The number of fused-ring (bicyclic) bond motifs is 1. The largest absolute Gasteiger partial charge is 0.313 e. The van der Waals surface area contributed by atoms with E-state index in [1.54, 1.807) is 0 Å². The zero-order valence-electron chi connectivity index (χ0n) is 10.4. The molecule has 4 unspecified atom stereocenters. The summed E-state index contributed by atoms with van der Waals surface area (Å²) in [6, 6.07) is 0.802. The van der Waals surface area contributed by atoms with E-state index in [1.807, 2.05) is 0 Å². The molecule has 1 heterocycles. The van der Waals surface area contributed by atoms with E-state index in [9.17, 15) is 0 Å². The van der Waals surface area contributed by atoms with Crippen molar-refractivity contribution in [2.45, 2.75) is 31.7 Å². The summed E-state index contributed by atoms with van der Waals surface area (Å²) in [4.78, 5) is 2.48. The molecule has 3 aliphatic rings. The summed E-state index contributed by atoms with van der Waals surface area (Å²) in [5.41, 5.74) is 0. The average molecular weight is 220 g/mol. The summed E-state index contributed by atoms with van der Waals surface area (Å²) in [6.45, 7) is 3.84. The van der Waals surface area contributed by atoms with Crippen LogP contribution in [0.4, 0.5) is 0 Å². The molecule has 0 spiro atoms. The normalized spacial score (nSPS) is 43.1. The first-order valence-electron chi connectivity index (χ1n) is 6.91. The van der Waals surface area contributed by atoms with Gasteiger partial charge >= 0.3 is 0 Å². The minimum absolute atomic E-state index is 0.802. The number of nitrogens with one attached hydrogen (secondary N) is 1. The van der Waals surface area contributed by atoms with Gasteiger partial charge in [-0.3, -0.25) is 0 Å². The van der Waals surface area contributed by atoms with Gasteiger partial charge < -0.3 is 10.2 Å². The summed E-state index contributed by atoms with van der Waals surface area (Å²) in [5.74, 6) is 2.76. The Kier molecular flexibility index (Phi) is 3.03. The molecular formula is C14H24N2. The highest BCUT2D eigenvalue weighted by atomic mass is 15.1. The number of hydrogen-bond donors (Lipinski definition) is 1. The van der Waals surface area contributed by atoms with Crippen LogP contribution >= 0.6 is 0 Å². The van der Waals surface area contributed by atoms with E-state index in [1.165, 1.54) is 45.3 Å². The summed E-state index contributed by atoms with van der Waals surface area (Å²) >= 11 is 0. The SMILES string of the molecule is CN1CCCC(CNC2CC3CC=CC32)C1. The molecule has 2 aliphatic carbocycles. The van der Waals surface area contributed by atoms with Crippen LogP contribution in [0, 0.1) is 17.8 Å². The van der Waals surface area contributed by atoms with Crippen LogP contribution < -0.4 is 5.32 Å². The van der Waals surface area contributed by atoms with Gasteiger partial charge in [0.2, 0.25) is 0 Å². The monoisotopic (exact) mass is 220 g/mol. The van der Waals surface area contributed by atoms with Gasteiger partial charge in [0.1, 0.15) is 0 Å². The van der Waals surface area contributed by atoms with Crippen LogP contribution in [0.1, 0.15) is 25.7 Å².